The molecule has 0 N–H and O–H groups in total. The molecule has 104 valence electrons. The van der Waals surface area contributed by atoms with E-state index >= 15 is 0 Å². The lowest BCUT2D eigenvalue weighted by Crippen LogP contribution is -2.38. The first-order valence-electron chi connectivity index (χ1n) is 6.81. The number of fused-ring (bicyclic) bond motifs is 5. The first kappa shape index (κ1) is 12.3. The Kier molecular flexibility index (Phi) is 2.23. The summed E-state index contributed by atoms with van der Waals surface area (Å²) >= 11 is 0. The van der Waals surface area contributed by atoms with Gasteiger partial charge in [-0.3, -0.25) is 9.59 Å². The van der Waals surface area contributed by atoms with Crippen molar-refractivity contribution in [3.05, 3.63) is 42.0 Å². The molecule has 1 aromatic carbocycles. The maximum absolute atomic E-state index is 12.7. The second-order valence-electron chi connectivity index (χ2n) is 5.77. The first-order valence-corrected chi connectivity index (χ1v) is 6.81. The van der Waals surface area contributed by atoms with Gasteiger partial charge in [0, 0.05) is 0 Å². The lowest BCUT2D eigenvalue weighted by molar-refractivity contribution is -0.126. The highest BCUT2D eigenvalue weighted by Crippen LogP contribution is 2.52. The third-order valence-electron chi connectivity index (χ3n) is 4.59. The van der Waals surface area contributed by atoms with E-state index in [1.54, 1.807) is 24.3 Å². The number of carbonyl (C=O) groups is 2. The first-order chi connectivity index (χ1) is 10.1. The number of nitriles is 1. The van der Waals surface area contributed by atoms with Crippen molar-refractivity contribution in [2.45, 2.75) is 18.6 Å². The van der Waals surface area contributed by atoms with Gasteiger partial charge in [0.25, 0.3) is 0 Å². The van der Waals surface area contributed by atoms with Crippen molar-refractivity contribution in [2.24, 2.45) is 11.8 Å². The topological polar surface area (TPSA) is 70.4 Å². The number of hydrogen-bond acceptors (Lipinski definition) is 4. The molecule has 3 heterocycles. The minimum Gasteiger partial charge on any atom is -0.362 e. The molecule has 3 aliphatic heterocycles. The summed E-state index contributed by atoms with van der Waals surface area (Å²) in [6.45, 7) is 1.83. The van der Waals surface area contributed by atoms with Crippen LogP contribution in [0.3, 0.4) is 0 Å². The zero-order valence-electron chi connectivity index (χ0n) is 11.3. The van der Waals surface area contributed by atoms with Crippen LogP contribution in [0.5, 0.6) is 0 Å². The Morgan fingerprint density at radius 1 is 1.29 bits per heavy atom. The lowest BCUT2D eigenvalue weighted by atomic mass is 9.78. The summed E-state index contributed by atoms with van der Waals surface area (Å²) in [5.41, 5.74) is -0.0174. The molecule has 2 amide bonds. The Bertz CT molecular complexity index is 748. The molecule has 2 bridgehead atoms. The van der Waals surface area contributed by atoms with E-state index in [0.717, 1.165) is 4.90 Å². The summed E-state index contributed by atoms with van der Waals surface area (Å²) in [6.07, 6.45) is 3.38. The summed E-state index contributed by atoms with van der Waals surface area (Å²) in [4.78, 5) is 26.6. The number of imide groups is 1. The SMILES string of the molecule is CC12C=CC(O1)C1C(=O)N(c3ccccc3C#N)C(=O)C12. The molecule has 2 saturated heterocycles. The van der Waals surface area contributed by atoms with Crippen molar-refractivity contribution in [3.8, 4) is 6.07 Å². The van der Waals surface area contributed by atoms with Gasteiger partial charge in [0.05, 0.1) is 34.8 Å². The third-order valence-corrected chi connectivity index (χ3v) is 4.59. The summed E-state index contributed by atoms with van der Waals surface area (Å²) < 4.78 is 5.76. The van der Waals surface area contributed by atoms with E-state index in [-0.39, 0.29) is 17.9 Å². The molecule has 5 nitrogen and oxygen atoms in total. The Balaban J connectivity index is 1.83. The maximum Gasteiger partial charge on any atom is 0.241 e. The molecule has 3 aliphatic rings. The summed E-state index contributed by atoms with van der Waals surface area (Å²) in [5, 5.41) is 9.18. The molecule has 2 fully saturated rings. The van der Waals surface area contributed by atoms with Gasteiger partial charge in [-0.05, 0) is 19.1 Å². The monoisotopic (exact) mass is 280 g/mol. The molecule has 0 aliphatic carbocycles. The fourth-order valence-electron chi connectivity index (χ4n) is 3.65. The summed E-state index contributed by atoms with van der Waals surface area (Å²) in [6, 6.07) is 8.70. The predicted molar refractivity (Wildman–Crippen MR) is 73.0 cm³/mol. The number of nitrogens with zero attached hydrogens (tertiary/aromatic N) is 2. The molecule has 0 spiro atoms. The number of para-hydroxylation sites is 1. The lowest BCUT2D eigenvalue weighted by Gasteiger charge is -2.24. The van der Waals surface area contributed by atoms with Gasteiger partial charge in [-0.25, -0.2) is 4.90 Å². The molecule has 0 saturated carbocycles. The van der Waals surface area contributed by atoms with Crippen LogP contribution in [0.15, 0.2) is 36.4 Å². The predicted octanol–water partition coefficient (Wildman–Crippen LogP) is 1.39. The van der Waals surface area contributed by atoms with Gasteiger partial charge in [-0.15, -0.1) is 0 Å². The van der Waals surface area contributed by atoms with Crippen LogP contribution in [0.2, 0.25) is 0 Å². The number of carbonyl (C=O) groups excluding carboxylic acids is 2. The number of amides is 2. The highest BCUT2D eigenvalue weighted by Gasteiger charge is 2.66. The van der Waals surface area contributed by atoms with Crippen LogP contribution in [0, 0.1) is 23.2 Å². The second-order valence-corrected chi connectivity index (χ2v) is 5.77. The van der Waals surface area contributed by atoms with Crippen molar-refractivity contribution in [3.63, 3.8) is 0 Å². The number of hydrogen-bond donors (Lipinski definition) is 0. The van der Waals surface area contributed by atoms with E-state index in [1.165, 1.54) is 0 Å². The van der Waals surface area contributed by atoms with E-state index in [2.05, 4.69) is 0 Å². The molecule has 1 aromatic rings. The highest BCUT2D eigenvalue weighted by atomic mass is 16.5. The molecule has 0 radical (unpaired) electrons. The largest absolute Gasteiger partial charge is 0.362 e. The van der Waals surface area contributed by atoms with E-state index in [0.29, 0.717) is 11.3 Å². The maximum atomic E-state index is 12.7. The van der Waals surface area contributed by atoms with Crippen LogP contribution in [-0.2, 0) is 14.3 Å². The van der Waals surface area contributed by atoms with Crippen molar-refractivity contribution in [1.29, 1.82) is 5.26 Å². The van der Waals surface area contributed by atoms with Crippen LogP contribution in [0.25, 0.3) is 0 Å². The molecule has 21 heavy (non-hydrogen) atoms. The van der Waals surface area contributed by atoms with Crippen LogP contribution >= 0.6 is 0 Å². The molecule has 4 rings (SSSR count). The minimum atomic E-state index is -0.710. The van der Waals surface area contributed by atoms with Crippen molar-refractivity contribution in [2.75, 3.05) is 4.90 Å². The summed E-state index contributed by atoms with van der Waals surface area (Å²) in [7, 11) is 0. The van der Waals surface area contributed by atoms with Gasteiger partial charge < -0.3 is 4.74 Å². The van der Waals surface area contributed by atoms with Gasteiger partial charge in [-0.1, -0.05) is 24.3 Å². The van der Waals surface area contributed by atoms with Crippen LogP contribution in [0.1, 0.15) is 12.5 Å². The van der Waals surface area contributed by atoms with E-state index in [4.69, 9.17) is 4.74 Å². The minimum absolute atomic E-state index is 0.272. The van der Waals surface area contributed by atoms with Crippen molar-refractivity contribution >= 4 is 17.5 Å². The van der Waals surface area contributed by atoms with Gasteiger partial charge in [-0.2, -0.15) is 5.26 Å². The number of anilines is 1. The normalized spacial score (nSPS) is 36.2. The van der Waals surface area contributed by atoms with Crippen LogP contribution in [-0.4, -0.2) is 23.5 Å². The smallest absolute Gasteiger partial charge is 0.241 e. The summed E-state index contributed by atoms with van der Waals surface area (Å²) in [5.74, 6) is -1.51. The van der Waals surface area contributed by atoms with Gasteiger partial charge >= 0.3 is 0 Å². The number of ether oxygens (including phenoxy) is 1. The zero-order chi connectivity index (χ0) is 14.8. The Morgan fingerprint density at radius 3 is 2.76 bits per heavy atom. The average molecular weight is 280 g/mol. The zero-order valence-corrected chi connectivity index (χ0v) is 11.3. The number of rotatable bonds is 1. The van der Waals surface area contributed by atoms with E-state index in [1.807, 2.05) is 25.1 Å². The van der Waals surface area contributed by atoms with Gasteiger partial charge in [0.15, 0.2) is 0 Å². The quantitative estimate of drug-likeness (QED) is 0.576. The van der Waals surface area contributed by atoms with Crippen molar-refractivity contribution in [1.82, 2.24) is 0 Å². The third kappa shape index (κ3) is 1.38. The van der Waals surface area contributed by atoms with Gasteiger partial charge in [0.1, 0.15) is 6.07 Å². The Morgan fingerprint density at radius 2 is 2.05 bits per heavy atom. The average Bonchev–Trinajstić information content (AvgIpc) is 3.08. The second kappa shape index (κ2) is 3.80. The standard InChI is InChI=1S/C16H12N2O3/c1-16-7-6-11(21-16)12-13(16)15(20)18(14(12)19)10-5-3-2-4-9(10)8-17/h2-7,11-13H,1H3. The van der Waals surface area contributed by atoms with E-state index in [9.17, 15) is 14.9 Å². The van der Waals surface area contributed by atoms with Crippen LogP contribution < -0.4 is 4.90 Å². The van der Waals surface area contributed by atoms with E-state index < -0.39 is 17.4 Å². The fourth-order valence-corrected chi connectivity index (χ4v) is 3.65. The fraction of sp³-hybridized carbons (Fsp3) is 0.312. The molecular weight excluding hydrogens is 268 g/mol. The molecule has 4 atom stereocenters. The Labute approximate surface area is 121 Å². The van der Waals surface area contributed by atoms with Crippen molar-refractivity contribution < 1.29 is 14.3 Å². The number of benzene rings is 1. The molecule has 5 heteroatoms. The van der Waals surface area contributed by atoms with Crippen LogP contribution in [0.4, 0.5) is 5.69 Å². The molecule has 0 aromatic heterocycles. The Hall–Kier alpha value is -2.45. The van der Waals surface area contributed by atoms with Gasteiger partial charge in [0.2, 0.25) is 11.8 Å². The molecule has 4 unspecified atom stereocenters. The highest BCUT2D eigenvalue weighted by molar-refractivity contribution is 6.23. The molecular formula is C16H12N2O3.